The summed E-state index contributed by atoms with van der Waals surface area (Å²) in [5.41, 5.74) is 5.24. The molecule has 0 unspecified atom stereocenters. The van der Waals surface area contributed by atoms with Crippen LogP contribution in [0.1, 0.15) is 22.3 Å². The second-order valence-corrected chi connectivity index (χ2v) is 17.7. The molecule has 0 N–H and O–H groups in total. The zero-order valence-corrected chi connectivity index (χ0v) is 20.2. The van der Waals surface area contributed by atoms with Gasteiger partial charge in [0.1, 0.15) is 0 Å². The normalized spacial score (nSPS) is 11.4. The summed E-state index contributed by atoms with van der Waals surface area (Å²) in [5, 5.41) is 0. The summed E-state index contributed by atoms with van der Waals surface area (Å²) in [6, 6.07) is 37.2. The van der Waals surface area contributed by atoms with E-state index in [1.807, 2.05) is 0 Å². The van der Waals surface area contributed by atoms with Crippen molar-refractivity contribution < 1.29 is 0 Å². The molecule has 0 atom stereocenters. The summed E-state index contributed by atoms with van der Waals surface area (Å²) in [4.78, 5) is 0. The summed E-state index contributed by atoms with van der Waals surface area (Å²) < 4.78 is 5.97. The van der Waals surface area contributed by atoms with Crippen LogP contribution in [0.15, 0.2) is 97.1 Å². The van der Waals surface area contributed by atoms with Crippen molar-refractivity contribution in [3.05, 3.63) is 119 Å². The first-order chi connectivity index (χ1) is 14.0. The Hall–Kier alpha value is -2.30. The van der Waals surface area contributed by atoms with E-state index < -0.39 is 18.8 Å². The Balaban J connectivity index is 2.11. The van der Waals surface area contributed by atoms with E-state index in [2.05, 4.69) is 125 Å². The van der Waals surface area contributed by atoms with Gasteiger partial charge < -0.3 is 0 Å². The van der Waals surface area contributed by atoms with Gasteiger partial charge in [0.15, 0.2) is 0 Å². The van der Waals surface area contributed by atoms with Crippen LogP contribution < -0.4 is 14.0 Å². The van der Waals surface area contributed by atoms with E-state index in [-0.39, 0.29) is 0 Å². The Kier molecular flexibility index (Phi) is 5.66. The minimum atomic E-state index is -3.29. The van der Waals surface area contributed by atoms with E-state index >= 15 is 0 Å². The molecule has 1 heteroatoms. The van der Waals surface area contributed by atoms with E-state index in [4.69, 9.17) is 0 Å². The molecule has 0 saturated heterocycles. The number of rotatable bonds is 4. The van der Waals surface area contributed by atoms with Crippen LogP contribution in [-0.2, 0) is 0 Å². The molecule has 4 aromatic rings. The molecule has 0 saturated carbocycles. The molecule has 0 aliphatic carbocycles. The molecule has 0 spiro atoms. The molecule has 0 fully saturated rings. The van der Waals surface area contributed by atoms with Crippen LogP contribution >= 0.6 is 0 Å². The van der Waals surface area contributed by atoms with E-state index in [1.165, 1.54) is 36.3 Å². The van der Waals surface area contributed by atoms with Gasteiger partial charge in [-0.1, -0.05) is 0 Å². The van der Waals surface area contributed by atoms with Gasteiger partial charge in [0.2, 0.25) is 0 Å². The second-order valence-electron chi connectivity index (χ2n) is 8.01. The van der Waals surface area contributed by atoms with Crippen molar-refractivity contribution in [1.82, 2.24) is 0 Å². The van der Waals surface area contributed by atoms with Crippen LogP contribution in [0.25, 0.3) is 0 Å². The molecule has 29 heavy (non-hydrogen) atoms. The van der Waals surface area contributed by atoms with Gasteiger partial charge in [-0.2, -0.15) is 0 Å². The molecule has 0 nitrogen and oxygen atoms in total. The number of hydrogen-bond donors (Lipinski definition) is 0. The van der Waals surface area contributed by atoms with Crippen molar-refractivity contribution in [2.45, 2.75) is 27.7 Å². The Morgan fingerprint density at radius 2 is 0.483 bits per heavy atom. The van der Waals surface area contributed by atoms with Gasteiger partial charge in [-0.15, -0.1) is 0 Å². The Bertz CT molecular complexity index is 900. The fourth-order valence-electron chi connectivity index (χ4n) is 3.97. The molecule has 4 rings (SSSR count). The number of benzene rings is 4. The van der Waals surface area contributed by atoms with E-state index in [0.717, 1.165) is 0 Å². The van der Waals surface area contributed by atoms with Gasteiger partial charge in [-0.25, -0.2) is 0 Å². The van der Waals surface area contributed by atoms with Crippen molar-refractivity contribution in [2.24, 2.45) is 0 Å². The predicted octanol–water partition coefficient (Wildman–Crippen LogP) is 4.30. The third kappa shape index (κ3) is 3.79. The van der Waals surface area contributed by atoms with Crippen LogP contribution in [0.2, 0.25) is 0 Å². The average molecular weight is 486 g/mol. The first kappa shape index (κ1) is 20.0. The minimum absolute atomic E-state index is 1.31. The zero-order valence-electron chi connectivity index (χ0n) is 17.7. The Morgan fingerprint density at radius 3 is 0.655 bits per heavy atom. The van der Waals surface area contributed by atoms with E-state index in [0.29, 0.717) is 0 Å². The monoisotopic (exact) mass is 485 g/mol. The van der Waals surface area contributed by atoms with Gasteiger partial charge >= 0.3 is 180 Å². The molecule has 4 aromatic carbocycles. The molecule has 0 aliphatic rings. The molecular formula is C28H28Sb+. The van der Waals surface area contributed by atoms with Gasteiger partial charge in [-0.05, 0) is 0 Å². The molecule has 0 radical (unpaired) electrons. The molecule has 0 amide bonds. The van der Waals surface area contributed by atoms with Crippen molar-refractivity contribution in [3.63, 3.8) is 0 Å². The van der Waals surface area contributed by atoms with Crippen LogP contribution in [0.3, 0.4) is 0 Å². The van der Waals surface area contributed by atoms with Crippen molar-refractivity contribution in [1.29, 1.82) is 0 Å². The second kappa shape index (κ2) is 8.21. The van der Waals surface area contributed by atoms with Crippen LogP contribution in [0.5, 0.6) is 0 Å². The van der Waals surface area contributed by atoms with E-state index in [1.54, 1.807) is 0 Å². The van der Waals surface area contributed by atoms with Crippen LogP contribution in [0, 0.1) is 27.7 Å². The molecular weight excluding hydrogens is 458 g/mol. The Morgan fingerprint density at radius 1 is 0.310 bits per heavy atom. The quantitative estimate of drug-likeness (QED) is 0.378. The van der Waals surface area contributed by atoms with Crippen molar-refractivity contribution in [2.75, 3.05) is 0 Å². The summed E-state index contributed by atoms with van der Waals surface area (Å²) in [5.74, 6) is 0. The maximum atomic E-state index is 2.38. The summed E-state index contributed by atoms with van der Waals surface area (Å²) in [6.45, 7) is 8.68. The zero-order chi connectivity index (χ0) is 20.4. The van der Waals surface area contributed by atoms with Crippen molar-refractivity contribution >= 4 is 32.8 Å². The molecule has 0 heterocycles. The summed E-state index contributed by atoms with van der Waals surface area (Å²) in [7, 11) is 0. The first-order valence-corrected chi connectivity index (χ1v) is 15.3. The molecule has 144 valence electrons. The van der Waals surface area contributed by atoms with Gasteiger partial charge in [-0.3, -0.25) is 0 Å². The molecule has 0 aliphatic heterocycles. The maximum absolute atomic E-state index is 3.29. The Labute approximate surface area is 179 Å². The standard InChI is InChI=1S/4C7H7.Sb/c4*1-7-5-3-2-4-6-7;/h4*3-6H,1H3;/q;;;;+1. The topological polar surface area (TPSA) is 0 Å². The molecule has 0 bridgehead atoms. The fourth-order valence-corrected chi connectivity index (χ4v) is 15.9. The third-order valence-electron chi connectivity index (χ3n) is 5.69. The average Bonchev–Trinajstić information content (AvgIpc) is 2.73. The summed E-state index contributed by atoms with van der Waals surface area (Å²) in [6.07, 6.45) is 0. The van der Waals surface area contributed by atoms with Crippen LogP contribution in [-0.4, -0.2) is 18.8 Å². The van der Waals surface area contributed by atoms with E-state index in [9.17, 15) is 0 Å². The van der Waals surface area contributed by atoms with Gasteiger partial charge in [0.25, 0.3) is 0 Å². The summed E-state index contributed by atoms with van der Waals surface area (Å²) >= 11 is -3.29. The molecule has 0 aromatic heterocycles. The number of aryl methyl sites for hydroxylation is 4. The fraction of sp³-hybridized carbons (Fsp3) is 0.143. The van der Waals surface area contributed by atoms with Crippen molar-refractivity contribution in [3.8, 4) is 0 Å². The van der Waals surface area contributed by atoms with Gasteiger partial charge in [0.05, 0.1) is 0 Å². The first-order valence-electron chi connectivity index (χ1n) is 10.2. The predicted molar refractivity (Wildman–Crippen MR) is 129 cm³/mol. The van der Waals surface area contributed by atoms with Crippen LogP contribution in [0.4, 0.5) is 0 Å². The van der Waals surface area contributed by atoms with Gasteiger partial charge in [0, 0.05) is 0 Å². The third-order valence-corrected chi connectivity index (χ3v) is 17.9. The SMILES string of the molecule is Cc1cc[c]([Sb+]([c]2ccc(C)cc2)([c]2ccc(C)cc2)[c]2ccc(C)cc2)cc1. The number of hydrogen-bond acceptors (Lipinski definition) is 0.